The Balaban J connectivity index is 0.00000169. The molecule has 2 saturated heterocycles. The summed E-state index contributed by atoms with van der Waals surface area (Å²) in [4.78, 5) is 28.6. The minimum atomic E-state index is 0. The molecule has 4 heterocycles. The summed E-state index contributed by atoms with van der Waals surface area (Å²) in [6.07, 6.45) is 6.82. The van der Waals surface area contributed by atoms with Crippen LogP contribution in [0.1, 0.15) is 34.6 Å². The number of hydrogen-bond acceptors (Lipinski definition) is 6. The van der Waals surface area contributed by atoms with Gasteiger partial charge in [0.05, 0.1) is 5.69 Å². The van der Waals surface area contributed by atoms with E-state index >= 15 is 0 Å². The number of thiazole rings is 1. The molecule has 0 saturated carbocycles. The van der Waals surface area contributed by atoms with E-state index in [0.717, 1.165) is 25.2 Å². The Morgan fingerprint density at radius 2 is 2.00 bits per heavy atom. The minimum absolute atomic E-state index is 0. The molecule has 1 N–H and O–H groups in total. The van der Waals surface area contributed by atoms with Gasteiger partial charge in [-0.1, -0.05) is 0 Å². The highest BCUT2D eigenvalue weighted by molar-refractivity contribution is 7.17. The lowest BCUT2D eigenvalue weighted by Crippen LogP contribution is -2.39. The topological polar surface area (TPSA) is 71.0 Å². The second-order valence-corrected chi connectivity index (χ2v) is 7.18. The van der Waals surface area contributed by atoms with Crippen molar-refractivity contribution in [3.8, 4) is 10.8 Å². The van der Waals surface area contributed by atoms with Crippen LogP contribution in [0.5, 0.6) is 0 Å². The van der Waals surface area contributed by atoms with Crippen molar-refractivity contribution in [2.45, 2.75) is 38.3 Å². The highest BCUT2D eigenvalue weighted by atomic mass is 35.5. The third-order valence-corrected chi connectivity index (χ3v) is 5.70. The maximum atomic E-state index is 12.9. The second kappa shape index (κ2) is 7.13. The van der Waals surface area contributed by atoms with E-state index < -0.39 is 0 Å². The first-order valence-electron chi connectivity index (χ1n) is 8.01. The molecule has 0 aliphatic carbocycles. The molecule has 8 heteroatoms. The van der Waals surface area contributed by atoms with Gasteiger partial charge in [-0.05, 0) is 32.3 Å². The first kappa shape index (κ1) is 17.3. The van der Waals surface area contributed by atoms with E-state index in [4.69, 9.17) is 0 Å². The highest BCUT2D eigenvalue weighted by Gasteiger charge is 2.32. The molecule has 2 aliphatic heterocycles. The van der Waals surface area contributed by atoms with E-state index in [0.29, 0.717) is 27.8 Å². The van der Waals surface area contributed by atoms with Crippen molar-refractivity contribution in [2.75, 3.05) is 13.1 Å². The molecule has 0 radical (unpaired) electrons. The number of carbonyl (C=O) groups excluding carboxylic acids is 1. The van der Waals surface area contributed by atoms with Crippen LogP contribution in [0, 0.1) is 6.92 Å². The molecule has 2 fully saturated rings. The number of fused-ring (bicyclic) bond motifs is 2. The molecule has 0 aromatic carbocycles. The van der Waals surface area contributed by atoms with Crippen molar-refractivity contribution in [2.24, 2.45) is 0 Å². The van der Waals surface area contributed by atoms with Gasteiger partial charge in [-0.2, -0.15) is 0 Å². The Morgan fingerprint density at radius 1 is 1.25 bits per heavy atom. The molecule has 0 spiro atoms. The first-order valence-corrected chi connectivity index (χ1v) is 8.82. The molecule has 2 aromatic rings. The zero-order valence-corrected chi connectivity index (χ0v) is 15.1. The highest BCUT2D eigenvalue weighted by Crippen LogP contribution is 2.28. The molecule has 24 heavy (non-hydrogen) atoms. The van der Waals surface area contributed by atoms with E-state index in [1.165, 1.54) is 24.2 Å². The first-order chi connectivity index (χ1) is 11.2. The van der Waals surface area contributed by atoms with Crippen LogP contribution in [-0.2, 0) is 0 Å². The fourth-order valence-electron chi connectivity index (χ4n) is 3.37. The van der Waals surface area contributed by atoms with Crippen LogP contribution in [0.25, 0.3) is 10.8 Å². The Kier molecular flexibility index (Phi) is 5.12. The van der Waals surface area contributed by atoms with Crippen LogP contribution in [-0.4, -0.2) is 50.9 Å². The van der Waals surface area contributed by atoms with Gasteiger partial charge in [0.25, 0.3) is 5.91 Å². The third-order valence-electron chi connectivity index (χ3n) is 4.56. The van der Waals surface area contributed by atoms with E-state index in [-0.39, 0.29) is 18.3 Å². The summed E-state index contributed by atoms with van der Waals surface area (Å²) < 4.78 is 0. The fraction of sp³-hybridized carbons (Fsp3) is 0.500. The van der Waals surface area contributed by atoms with Crippen molar-refractivity contribution in [1.29, 1.82) is 0 Å². The Hall–Kier alpha value is -1.57. The van der Waals surface area contributed by atoms with Gasteiger partial charge in [0.1, 0.15) is 4.88 Å². The van der Waals surface area contributed by atoms with Crippen LogP contribution < -0.4 is 5.32 Å². The molecule has 2 aromatic heterocycles. The van der Waals surface area contributed by atoms with E-state index in [1.807, 2.05) is 11.8 Å². The van der Waals surface area contributed by atoms with Crippen molar-refractivity contribution in [3.05, 3.63) is 29.0 Å². The summed E-state index contributed by atoms with van der Waals surface area (Å²) in [5.41, 5.74) is 0.768. The van der Waals surface area contributed by atoms with Crippen molar-refractivity contribution >= 4 is 29.7 Å². The van der Waals surface area contributed by atoms with Gasteiger partial charge in [-0.25, -0.2) is 15.0 Å². The zero-order chi connectivity index (χ0) is 15.8. The lowest BCUT2D eigenvalue weighted by molar-refractivity contribution is 0.0752. The predicted molar refractivity (Wildman–Crippen MR) is 95.6 cm³/mol. The van der Waals surface area contributed by atoms with Crippen LogP contribution in [0.15, 0.2) is 18.5 Å². The number of aryl methyl sites for hydroxylation is 1. The van der Waals surface area contributed by atoms with Crippen LogP contribution >= 0.6 is 23.7 Å². The van der Waals surface area contributed by atoms with Crippen LogP contribution in [0.4, 0.5) is 0 Å². The Morgan fingerprint density at radius 3 is 2.79 bits per heavy atom. The number of hydrogen-bond donors (Lipinski definition) is 1. The van der Waals surface area contributed by atoms with Gasteiger partial charge in [-0.15, -0.1) is 23.7 Å². The fourth-order valence-corrected chi connectivity index (χ4v) is 4.35. The van der Waals surface area contributed by atoms with Crippen molar-refractivity contribution < 1.29 is 4.79 Å². The summed E-state index contributed by atoms with van der Waals surface area (Å²) in [6.45, 7) is 3.50. The van der Waals surface area contributed by atoms with Crippen LogP contribution in [0.2, 0.25) is 0 Å². The largest absolute Gasteiger partial charge is 0.336 e. The average molecular weight is 366 g/mol. The standard InChI is InChI=1S/C16H19N5OS.ClH/c1-10-13(23-15(19-10)14-17-6-2-7-18-14)16(22)21-8-5-11-3-4-12(9-21)20-11;/h2,6-7,11-12,20H,3-5,8-9H2,1H3;1H. The number of halogens is 1. The smallest absolute Gasteiger partial charge is 0.265 e. The number of nitrogens with zero attached hydrogens (tertiary/aromatic N) is 4. The second-order valence-electron chi connectivity index (χ2n) is 6.18. The molecule has 4 rings (SSSR count). The zero-order valence-electron chi connectivity index (χ0n) is 13.4. The maximum Gasteiger partial charge on any atom is 0.265 e. The number of likely N-dealkylation sites (tertiary alicyclic amines) is 1. The number of carbonyl (C=O) groups is 1. The van der Waals surface area contributed by atoms with E-state index in [1.54, 1.807) is 18.5 Å². The number of rotatable bonds is 2. The molecule has 2 atom stereocenters. The monoisotopic (exact) mass is 365 g/mol. The molecule has 2 aliphatic rings. The summed E-state index contributed by atoms with van der Waals surface area (Å²) in [6, 6.07) is 2.79. The van der Waals surface area contributed by atoms with Crippen molar-refractivity contribution in [1.82, 2.24) is 25.2 Å². The normalized spacial score (nSPS) is 22.8. The Bertz CT molecular complexity index is 723. The number of aromatic nitrogens is 3. The van der Waals surface area contributed by atoms with E-state index in [9.17, 15) is 4.79 Å². The minimum Gasteiger partial charge on any atom is -0.336 e. The van der Waals surface area contributed by atoms with Crippen molar-refractivity contribution in [3.63, 3.8) is 0 Å². The molecule has 1 amide bonds. The third kappa shape index (κ3) is 3.29. The predicted octanol–water partition coefficient (Wildman–Crippen LogP) is 2.30. The maximum absolute atomic E-state index is 12.9. The Labute approximate surface area is 151 Å². The number of amides is 1. The van der Waals surface area contributed by atoms with Gasteiger partial charge < -0.3 is 10.2 Å². The van der Waals surface area contributed by atoms with Gasteiger partial charge in [0, 0.05) is 37.6 Å². The van der Waals surface area contributed by atoms with Gasteiger partial charge >= 0.3 is 0 Å². The van der Waals surface area contributed by atoms with Gasteiger partial charge in [0.2, 0.25) is 0 Å². The molecule has 2 bridgehead atoms. The molecule has 128 valence electrons. The lowest BCUT2D eigenvalue weighted by atomic mass is 10.1. The van der Waals surface area contributed by atoms with Gasteiger partial charge in [0.15, 0.2) is 10.8 Å². The average Bonchev–Trinajstić information content (AvgIpc) is 3.10. The molecular weight excluding hydrogens is 346 g/mol. The van der Waals surface area contributed by atoms with E-state index in [2.05, 4.69) is 20.3 Å². The molecular formula is C16H20ClN5OS. The van der Waals surface area contributed by atoms with Crippen LogP contribution in [0.3, 0.4) is 0 Å². The summed E-state index contributed by atoms with van der Waals surface area (Å²) in [5, 5.41) is 4.32. The molecule has 2 unspecified atom stereocenters. The lowest BCUT2D eigenvalue weighted by Gasteiger charge is -2.23. The summed E-state index contributed by atoms with van der Waals surface area (Å²) in [5.74, 6) is 0.674. The quantitative estimate of drug-likeness (QED) is 0.884. The number of nitrogens with one attached hydrogen (secondary N) is 1. The molecule has 6 nitrogen and oxygen atoms in total. The summed E-state index contributed by atoms with van der Waals surface area (Å²) >= 11 is 1.39. The SMILES string of the molecule is Cc1nc(-c2ncccn2)sc1C(=O)N1CCC2CCC(C1)N2.Cl. The van der Waals surface area contributed by atoms with Gasteiger partial charge in [-0.3, -0.25) is 4.79 Å². The summed E-state index contributed by atoms with van der Waals surface area (Å²) in [7, 11) is 0.